The van der Waals surface area contributed by atoms with Crippen LogP contribution >= 0.6 is 15.9 Å². The Bertz CT molecular complexity index is 1040. The average molecular weight is 413 g/mol. The quantitative estimate of drug-likeness (QED) is 0.604. The van der Waals surface area contributed by atoms with Crippen LogP contribution in [0.25, 0.3) is 5.65 Å². The van der Waals surface area contributed by atoms with Gasteiger partial charge in [-0.2, -0.15) is 5.10 Å². The lowest BCUT2D eigenvalue weighted by molar-refractivity contribution is 0.0671. The Morgan fingerprint density at radius 3 is 2.88 bits per heavy atom. The molecule has 6 nitrogen and oxygen atoms in total. The zero-order valence-corrected chi connectivity index (χ0v) is 16.0. The largest absolute Gasteiger partial charge is 0.330 e. The summed E-state index contributed by atoms with van der Waals surface area (Å²) in [5.74, 6) is -0.0659. The summed E-state index contributed by atoms with van der Waals surface area (Å²) in [4.78, 5) is 31.0. The van der Waals surface area contributed by atoms with E-state index in [2.05, 4.69) is 26.0 Å². The Balaban J connectivity index is 1.69. The summed E-state index contributed by atoms with van der Waals surface area (Å²) < 4.78 is 2.39. The fourth-order valence-electron chi connectivity index (χ4n) is 3.58. The van der Waals surface area contributed by atoms with E-state index < -0.39 is 0 Å². The molecular formula is C19H17BrN4O2. The van der Waals surface area contributed by atoms with E-state index in [9.17, 15) is 9.59 Å². The SMILES string of the molecule is CC(=O)c1cccc2c1CCN(C(=O)c1cc3ncc(Br)cn3n1)C2C. The van der Waals surface area contributed by atoms with Crippen LogP contribution in [-0.2, 0) is 6.42 Å². The number of fused-ring (bicyclic) bond motifs is 2. The van der Waals surface area contributed by atoms with E-state index in [1.807, 2.05) is 30.0 Å². The molecular weight excluding hydrogens is 396 g/mol. The number of carbonyl (C=O) groups is 2. The highest BCUT2D eigenvalue weighted by atomic mass is 79.9. The molecule has 3 aromatic rings. The van der Waals surface area contributed by atoms with Gasteiger partial charge in [-0.05, 0) is 47.3 Å². The van der Waals surface area contributed by atoms with Crippen molar-refractivity contribution in [2.45, 2.75) is 26.3 Å². The van der Waals surface area contributed by atoms with E-state index in [1.165, 1.54) is 0 Å². The third-order valence-corrected chi connectivity index (χ3v) is 5.28. The van der Waals surface area contributed by atoms with Crippen LogP contribution in [0.3, 0.4) is 0 Å². The van der Waals surface area contributed by atoms with Crippen molar-refractivity contribution in [3.63, 3.8) is 0 Å². The fraction of sp³-hybridized carbons (Fsp3) is 0.263. The summed E-state index contributed by atoms with van der Waals surface area (Å²) in [6.45, 7) is 4.13. The van der Waals surface area contributed by atoms with E-state index in [-0.39, 0.29) is 17.7 Å². The monoisotopic (exact) mass is 412 g/mol. The van der Waals surface area contributed by atoms with Gasteiger partial charge in [0.1, 0.15) is 0 Å². The summed E-state index contributed by atoms with van der Waals surface area (Å²) in [6, 6.07) is 7.32. The maximum Gasteiger partial charge on any atom is 0.274 e. The lowest BCUT2D eigenvalue weighted by Crippen LogP contribution is -2.39. The number of hydrogen-bond donors (Lipinski definition) is 0. The highest BCUT2D eigenvalue weighted by molar-refractivity contribution is 9.10. The number of amides is 1. The Kier molecular flexibility index (Phi) is 4.11. The third kappa shape index (κ3) is 2.72. The predicted molar refractivity (Wildman–Crippen MR) is 100 cm³/mol. The molecule has 1 amide bonds. The molecule has 0 bridgehead atoms. The standard InChI is InChI=1S/C19H17BrN4O2/c1-11-14-4-3-5-15(12(2)25)16(14)6-7-23(11)19(26)17-8-18-21-9-13(20)10-24(18)22-17/h3-5,8-11H,6-7H2,1-2H3. The van der Waals surface area contributed by atoms with E-state index in [0.717, 1.165) is 21.2 Å². The summed E-state index contributed by atoms with van der Waals surface area (Å²) in [7, 11) is 0. The number of halogens is 1. The summed E-state index contributed by atoms with van der Waals surface area (Å²) >= 11 is 3.36. The first kappa shape index (κ1) is 16.9. The first-order chi connectivity index (χ1) is 12.5. The van der Waals surface area contributed by atoms with Gasteiger partial charge in [0.2, 0.25) is 0 Å². The first-order valence-electron chi connectivity index (χ1n) is 8.40. The van der Waals surface area contributed by atoms with E-state index in [0.29, 0.717) is 24.3 Å². The van der Waals surface area contributed by atoms with E-state index in [1.54, 1.807) is 29.9 Å². The molecule has 0 fully saturated rings. The smallest absolute Gasteiger partial charge is 0.274 e. The van der Waals surface area contributed by atoms with Gasteiger partial charge in [-0.25, -0.2) is 9.50 Å². The first-order valence-corrected chi connectivity index (χ1v) is 9.19. The van der Waals surface area contributed by atoms with Crippen molar-refractivity contribution in [1.82, 2.24) is 19.5 Å². The predicted octanol–water partition coefficient (Wildman–Crippen LogP) is 3.45. The topological polar surface area (TPSA) is 67.6 Å². The maximum atomic E-state index is 13.0. The van der Waals surface area contributed by atoms with Gasteiger partial charge < -0.3 is 4.90 Å². The van der Waals surface area contributed by atoms with Crippen molar-refractivity contribution in [3.05, 3.63) is 63.5 Å². The number of hydrogen-bond acceptors (Lipinski definition) is 4. The highest BCUT2D eigenvalue weighted by Crippen LogP contribution is 2.32. The summed E-state index contributed by atoms with van der Waals surface area (Å²) in [5, 5.41) is 4.36. The van der Waals surface area contributed by atoms with Crippen LogP contribution < -0.4 is 0 Å². The van der Waals surface area contributed by atoms with Crippen molar-refractivity contribution >= 4 is 33.3 Å². The molecule has 3 heterocycles. The Labute approximate surface area is 159 Å². The number of aromatic nitrogens is 3. The lowest BCUT2D eigenvalue weighted by Gasteiger charge is -2.35. The van der Waals surface area contributed by atoms with Crippen molar-refractivity contribution < 1.29 is 9.59 Å². The van der Waals surface area contributed by atoms with Crippen LogP contribution in [0.5, 0.6) is 0 Å². The average Bonchev–Trinajstić information content (AvgIpc) is 3.04. The molecule has 1 unspecified atom stereocenters. The zero-order valence-electron chi connectivity index (χ0n) is 14.4. The molecule has 7 heteroatoms. The number of carbonyl (C=O) groups excluding carboxylic acids is 2. The Morgan fingerprint density at radius 1 is 1.31 bits per heavy atom. The molecule has 0 N–H and O–H groups in total. The second-order valence-corrected chi connectivity index (χ2v) is 7.37. The number of nitrogens with zero attached hydrogens (tertiary/aromatic N) is 4. The molecule has 132 valence electrons. The van der Waals surface area contributed by atoms with Crippen molar-refractivity contribution in [3.8, 4) is 0 Å². The Hall–Kier alpha value is -2.54. The van der Waals surface area contributed by atoms with Crippen LogP contribution in [0.2, 0.25) is 0 Å². The van der Waals surface area contributed by atoms with Crippen molar-refractivity contribution in [2.24, 2.45) is 0 Å². The lowest BCUT2D eigenvalue weighted by atomic mass is 9.88. The van der Waals surface area contributed by atoms with Gasteiger partial charge in [-0.15, -0.1) is 0 Å². The van der Waals surface area contributed by atoms with E-state index >= 15 is 0 Å². The van der Waals surface area contributed by atoms with E-state index in [4.69, 9.17) is 0 Å². The van der Waals surface area contributed by atoms with Crippen molar-refractivity contribution in [2.75, 3.05) is 6.54 Å². The molecule has 1 aromatic carbocycles. The normalized spacial score (nSPS) is 16.6. The number of ketones is 1. The minimum absolute atomic E-state index is 0.0610. The Morgan fingerprint density at radius 2 is 2.12 bits per heavy atom. The molecule has 1 aliphatic rings. The molecule has 0 aliphatic carbocycles. The second-order valence-electron chi connectivity index (χ2n) is 6.46. The number of benzene rings is 1. The maximum absolute atomic E-state index is 13.0. The number of Topliss-reactive ketones (excluding diaryl/α,β-unsaturated/α-hetero) is 1. The van der Waals surface area contributed by atoms with Gasteiger partial charge in [0.25, 0.3) is 5.91 Å². The van der Waals surface area contributed by atoms with Gasteiger partial charge in [-0.1, -0.05) is 18.2 Å². The summed E-state index contributed by atoms with van der Waals surface area (Å²) in [6.07, 6.45) is 4.11. The molecule has 0 spiro atoms. The van der Waals surface area contributed by atoms with Crippen LogP contribution in [0.15, 0.2) is 41.1 Å². The summed E-state index contributed by atoms with van der Waals surface area (Å²) in [5.41, 5.74) is 3.83. The molecule has 1 atom stereocenters. The molecule has 0 saturated carbocycles. The molecule has 0 radical (unpaired) electrons. The molecule has 4 rings (SSSR count). The third-order valence-electron chi connectivity index (χ3n) is 4.87. The molecule has 2 aromatic heterocycles. The highest BCUT2D eigenvalue weighted by Gasteiger charge is 2.31. The van der Waals surface area contributed by atoms with Gasteiger partial charge in [0, 0.05) is 30.6 Å². The van der Waals surface area contributed by atoms with Crippen molar-refractivity contribution in [1.29, 1.82) is 0 Å². The minimum Gasteiger partial charge on any atom is -0.330 e. The van der Waals surface area contributed by atoms with Gasteiger partial charge in [-0.3, -0.25) is 9.59 Å². The van der Waals surface area contributed by atoms with Crippen LogP contribution in [0.1, 0.15) is 51.9 Å². The molecule has 1 aliphatic heterocycles. The second kappa shape index (κ2) is 6.32. The molecule has 26 heavy (non-hydrogen) atoms. The minimum atomic E-state index is -0.127. The fourth-order valence-corrected chi connectivity index (χ4v) is 3.88. The van der Waals surface area contributed by atoms with Crippen LogP contribution in [0, 0.1) is 0 Å². The molecule has 0 saturated heterocycles. The van der Waals surface area contributed by atoms with Crippen LogP contribution in [-0.4, -0.2) is 37.7 Å². The number of rotatable bonds is 2. The van der Waals surface area contributed by atoms with Crippen LogP contribution in [0.4, 0.5) is 0 Å². The zero-order chi connectivity index (χ0) is 18.4. The van der Waals surface area contributed by atoms with Gasteiger partial charge in [0.05, 0.1) is 10.5 Å². The van der Waals surface area contributed by atoms with Gasteiger partial charge in [0.15, 0.2) is 17.1 Å². The van der Waals surface area contributed by atoms with Gasteiger partial charge >= 0.3 is 0 Å².